The van der Waals surface area contributed by atoms with Crippen molar-refractivity contribution in [1.82, 2.24) is 4.90 Å². The van der Waals surface area contributed by atoms with Crippen LogP contribution >= 0.6 is 0 Å². The van der Waals surface area contributed by atoms with Crippen molar-refractivity contribution in [1.29, 1.82) is 0 Å². The maximum Gasteiger partial charge on any atom is 0.251 e. The smallest absolute Gasteiger partial charge is 0.251 e. The summed E-state index contributed by atoms with van der Waals surface area (Å²) >= 11 is 0. The Morgan fingerprint density at radius 3 is 2.85 bits per heavy atom. The van der Waals surface area contributed by atoms with Gasteiger partial charge in [0.2, 0.25) is 0 Å². The number of carbonyl (C=O) groups excluding carboxylic acids is 1. The zero-order valence-electron chi connectivity index (χ0n) is 7.74. The van der Waals surface area contributed by atoms with E-state index in [0.29, 0.717) is 6.54 Å². The Bertz CT molecular complexity index is 202. The van der Waals surface area contributed by atoms with Crippen molar-refractivity contribution in [3.05, 3.63) is 0 Å². The van der Waals surface area contributed by atoms with Gasteiger partial charge in [-0.3, -0.25) is 4.79 Å². The highest BCUT2D eigenvalue weighted by atomic mass is 16.5. The van der Waals surface area contributed by atoms with Crippen LogP contribution in [0.1, 0.15) is 19.3 Å². The summed E-state index contributed by atoms with van der Waals surface area (Å²) in [6.45, 7) is 2.24. The fourth-order valence-corrected chi connectivity index (χ4v) is 1.96. The molecule has 0 aliphatic carbocycles. The number of nitrogens with two attached hydrogens (primary N) is 1. The molecule has 2 saturated heterocycles. The molecule has 0 aromatic rings. The molecule has 1 amide bonds. The van der Waals surface area contributed by atoms with Crippen LogP contribution in [0.25, 0.3) is 0 Å². The molecule has 0 spiro atoms. The standard InChI is InChI=1S/C9H16N2O2/c10-7-3-4-11(6-7)9(12)8-2-1-5-13-8/h7-8H,1-6,10H2/t7-,8?/m1/s1. The summed E-state index contributed by atoms with van der Waals surface area (Å²) in [5, 5.41) is 0. The lowest BCUT2D eigenvalue weighted by atomic mass is 10.2. The van der Waals surface area contributed by atoms with Crippen LogP contribution in [0.15, 0.2) is 0 Å². The zero-order chi connectivity index (χ0) is 9.26. The number of amides is 1. The van der Waals surface area contributed by atoms with Gasteiger partial charge in [-0.25, -0.2) is 0 Å². The Balaban J connectivity index is 1.89. The number of nitrogens with zero attached hydrogens (tertiary/aromatic N) is 1. The first kappa shape index (κ1) is 8.97. The Labute approximate surface area is 78.0 Å². The fraction of sp³-hybridized carbons (Fsp3) is 0.889. The van der Waals surface area contributed by atoms with Crippen molar-refractivity contribution >= 4 is 5.91 Å². The van der Waals surface area contributed by atoms with Crippen molar-refractivity contribution in [3.63, 3.8) is 0 Å². The van der Waals surface area contributed by atoms with Gasteiger partial charge in [-0.1, -0.05) is 0 Å². The van der Waals surface area contributed by atoms with Crippen LogP contribution < -0.4 is 5.73 Å². The summed E-state index contributed by atoms with van der Waals surface area (Å²) in [5.41, 5.74) is 5.73. The highest BCUT2D eigenvalue weighted by molar-refractivity contribution is 5.81. The molecule has 2 heterocycles. The van der Waals surface area contributed by atoms with Crippen molar-refractivity contribution in [3.8, 4) is 0 Å². The van der Waals surface area contributed by atoms with E-state index in [-0.39, 0.29) is 18.1 Å². The zero-order valence-corrected chi connectivity index (χ0v) is 7.74. The number of rotatable bonds is 1. The second kappa shape index (κ2) is 3.64. The van der Waals surface area contributed by atoms with Crippen LogP contribution in [0.2, 0.25) is 0 Å². The van der Waals surface area contributed by atoms with Gasteiger partial charge in [-0.2, -0.15) is 0 Å². The molecule has 1 unspecified atom stereocenters. The molecule has 4 heteroatoms. The predicted molar refractivity (Wildman–Crippen MR) is 48.1 cm³/mol. The Kier molecular flexibility index (Phi) is 2.51. The molecule has 2 N–H and O–H groups in total. The number of likely N-dealkylation sites (tertiary alicyclic amines) is 1. The number of hydrogen-bond donors (Lipinski definition) is 1. The predicted octanol–water partition coefficient (Wildman–Crippen LogP) is -0.275. The number of carbonyl (C=O) groups is 1. The first-order chi connectivity index (χ1) is 6.27. The van der Waals surface area contributed by atoms with Crippen molar-refractivity contribution in [2.24, 2.45) is 5.73 Å². The van der Waals surface area contributed by atoms with Crippen LogP contribution in [0.5, 0.6) is 0 Å². The van der Waals surface area contributed by atoms with Gasteiger partial charge >= 0.3 is 0 Å². The third-order valence-corrected chi connectivity index (χ3v) is 2.74. The Morgan fingerprint density at radius 1 is 1.46 bits per heavy atom. The lowest BCUT2D eigenvalue weighted by Gasteiger charge is -2.19. The third kappa shape index (κ3) is 1.84. The van der Waals surface area contributed by atoms with Gasteiger partial charge < -0.3 is 15.4 Å². The summed E-state index contributed by atoms with van der Waals surface area (Å²) < 4.78 is 5.33. The molecule has 2 fully saturated rings. The summed E-state index contributed by atoms with van der Waals surface area (Å²) in [7, 11) is 0. The molecule has 2 aliphatic heterocycles. The minimum Gasteiger partial charge on any atom is -0.368 e. The quantitative estimate of drug-likeness (QED) is 0.610. The molecule has 2 atom stereocenters. The molecule has 13 heavy (non-hydrogen) atoms. The van der Waals surface area contributed by atoms with E-state index < -0.39 is 0 Å². The van der Waals surface area contributed by atoms with Crippen molar-refractivity contribution in [2.45, 2.75) is 31.4 Å². The van der Waals surface area contributed by atoms with Crippen molar-refractivity contribution < 1.29 is 9.53 Å². The first-order valence-corrected chi connectivity index (χ1v) is 4.93. The maximum atomic E-state index is 11.7. The monoisotopic (exact) mass is 184 g/mol. The second-order valence-electron chi connectivity index (χ2n) is 3.83. The van der Waals surface area contributed by atoms with Gasteiger partial charge in [0.05, 0.1) is 0 Å². The Hall–Kier alpha value is -0.610. The molecule has 0 radical (unpaired) electrons. The van der Waals surface area contributed by atoms with Gasteiger partial charge in [0.15, 0.2) is 0 Å². The molecule has 0 saturated carbocycles. The van der Waals surface area contributed by atoms with Gasteiger partial charge in [0, 0.05) is 25.7 Å². The normalized spacial score (nSPS) is 34.1. The van der Waals surface area contributed by atoms with Gasteiger partial charge in [0.1, 0.15) is 6.10 Å². The number of hydrogen-bond acceptors (Lipinski definition) is 3. The fourth-order valence-electron chi connectivity index (χ4n) is 1.96. The lowest BCUT2D eigenvalue weighted by Crippen LogP contribution is -2.38. The highest BCUT2D eigenvalue weighted by Crippen LogP contribution is 2.17. The highest BCUT2D eigenvalue weighted by Gasteiger charge is 2.31. The molecule has 2 aliphatic rings. The minimum absolute atomic E-state index is 0.144. The SMILES string of the molecule is N[C@@H]1CCN(C(=O)C2CCCO2)C1. The molecule has 74 valence electrons. The second-order valence-corrected chi connectivity index (χ2v) is 3.83. The van der Waals surface area contributed by atoms with E-state index in [1.54, 1.807) is 0 Å². The van der Waals surface area contributed by atoms with E-state index in [4.69, 9.17) is 10.5 Å². The van der Waals surface area contributed by atoms with E-state index in [1.807, 2.05) is 4.90 Å². The van der Waals surface area contributed by atoms with E-state index in [2.05, 4.69) is 0 Å². The molecular formula is C9H16N2O2. The van der Waals surface area contributed by atoms with Gasteiger partial charge in [-0.05, 0) is 19.3 Å². The summed E-state index contributed by atoms with van der Waals surface area (Å²) in [6.07, 6.45) is 2.64. The van der Waals surface area contributed by atoms with Gasteiger partial charge in [0.25, 0.3) is 5.91 Å². The van der Waals surface area contributed by atoms with E-state index in [9.17, 15) is 4.79 Å². The maximum absolute atomic E-state index is 11.7. The van der Waals surface area contributed by atoms with Crippen LogP contribution in [0.4, 0.5) is 0 Å². The molecule has 2 rings (SSSR count). The average Bonchev–Trinajstić information content (AvgIpc) is 2.72. The lowest BCUT2D eigenvalue weighted by molar-refractivity contribution is -0.139. The summed E-state index contributed by atoms with van der Waals surface area (Å²) in [5.74, 6) is 0.144. The van der Waals surface area contributed by atoms with Crippen LogP contribution in [0.3, 0.4) is 0 Å². The topological polar surface area (TPSA) is 55.6 Å². The Morgan fingerprint density at radius 2 is 2.31 bits per heavy atom. The van der Waals surface area contributed by atoms with E-state index in [0.717, 1.165) is 32.4 Å². The van der Waals surface area contributed by atoms with E-state index >= 15 is 0 Å². The van der Waals surface area contributed by atoms with E-state index in [1.165, 1.54) is 0 Å². The van der Waals surface area contributed by atoms with Crippen LogP contribution in [-0.4, -0.2) is 42.6 Å². The molecule has 0 aromatic heterocycles. The average molecular weight is 184 g/mol. The van der Waals surface area contributed by atoms with Crippen molar-refractivity contribution in [2.75, 3.05) is 19.7 Å². The number of ether oxygens (including phenoxy) is 1. The largest absolute Gasteiger partial charge is 0.368 e. The first-order valence-electron chi connectivity index (χ1n) is 4.93. The summed E-state index contributed by atoms with van der Waals surface area (Å²) in [6, 6.07) is 0.172. The molecule has 4 nitrogen and oxygen atoms in total. The molecule has 0 bridgehead atoms. The molecular weight excluding hydrogens is 168 g/mol. The van der Waals surface area contributed by atoms with Gasteiger partial charge in [-0.15, -0.1) is 0 Å². The third-order valence-electron chi connectivity index (χ3n) is 2.74. The summed E-state index contributed by atoms with van der Waals surface area (Å²) in [4.78, 5) is 13.6. The van der Waals surface area contributed by atoms with Crippen LogP contribution in [-0.2, 0) is 9.53 Å². The van der Waals surface area contributed by atoms with Crippen LogP contribution in [0, 0.1) is 0 Å². The minimum atomic E-state index is -0.176. The molecule has 0 aromatic carbocycles.